The number of unbranched alkanes of at least 4 members (excludes halogenated alkanes) is 8. The number of hydrogen-bond acceptors (Lipinski definition) is 2. The number of ether oxygens (including phenoxy) is 1. The van der Waals surface area contributed by atoms with E-state index in [9.17, 15) is 13.2 Å². The lowest BCUT2D eigenvalue weighted by molar-refractivity contribution is -0.141. The molecule has 2 aromatic rings. The Bertz CT molecular complexity index is 810. The maximum atomic E-state index is 13.2. The molecule has 0 amide bonds. The molecule has 0 N–H and O–H groups in total. The van der Waals surface area contributed by atoms with Gasteiger partial charge in [-0.1, -0.05) is 100 Å². The smallest absolute Gasteiger partial charge is 0.361 e. The molecule has 0 aliphatic heterocycles. The van der Waals surface area contributed by atoms with E-state index in [1.165, 1.54) is 55.9 Å². The van der Waals surface area contributed by atoms with Crippen LogP contribution in [0.25, 0.3) is 11.4 Å². The van der Waals surface area contributed by atoms with Gasteiger partial charge in [-0.3, -0.25) is 0 Å². The van der Waals surface area contributed by atoms with Crippen molar-refractivity contribution in [2.75, 3.05) is 6.61 Å². The molecule has 1 aromatic carbocycles. The maximum Gasteiger partial charge on any atom is 0.434 e. The van der Waals surface area contributed by atoms with Crippen LogP contribution in [0.5, 0.6) is 0 Å². The highest BCUT2D eigenvalue weighted by Gasteiger charge is 2.35. The summed E-state index contributed by atoms with van der Waals surface area (Å²) in [5.74, 6) is 0.261. The Hall–Kier alpha value is -1.34. The molecular formula is C26H38BrF3N2O. The molecule has 1 aromatic heterocycles. The maximum absolute atomic E-state index is 13.2. The van der Waals surface area contributed by atoms with E-state index in [-0.39, 0.29) is 12.6 Å². The zero-order valence-corrected chi connectivity index (χ0v) is 21.8. The molecule has 0 radical (unpaired) electrons. The fourth-order valence-corrected chi connectivity index (χ4v) is 4.00. The van der Waals surface area contributed by atoms with Crippen LogP contribution < -0.4 is 0 Å². The van der Waals surface area contributed by atoms with Crippen LogP contribution in [0.3, 0.4) is 0 Å². The number of imidazole rings is 1. The van der Waals surface area contributed by atoms with Gasteiger partial charge in [-0.15, -0.1) is 0 Å². The van der Waals surface area contributed by atoms with Crippen molar-refractivity contribution in [2.24, 2.45) is 5.41 Å². The lowest BCUT2D eigenvalue weighted by Crippen LogP contribution is -2.06. The molecule has 1 heterocycles. The van der Waals surface area contributed by atoms with Crippen LogP contribution in [-0.2, 0) is 17.6 Å². The number of hydrogen-bond donors (Lipinski definition) is 0. The van der Waals surface area contributed by atoms with Crippen molar-refractivity contribution in [3.05, 3.63) is 40.6 Å². The van der Waals surface area contributed by atoms with Gasteiger partial charge in [0, 0.05) is 22.8 Å². The number of halogens is 4. The molecule has 0 aliphatic carbocycles. The van der Waals surface area contributed by atoms with E-state index < -0.39 is 11.9 Å². The molecule has 0 unspecified atom stereocenters. The number of benzene rings is 1. The first-order chi connectivity index (χ1) is 15.6. The fraction of sp³-hybridized carbons (Fsp3) is 0.654. The van der Waals surface area contributed by atoms with Gasteiger partial charge in [0.2, 0.25) is 0 Å². The van der Waals surface area contributed by atoms with Gasteiger partial charge >= 0.3 is 6.18 Å². The standard InChI is InChI=1S/C26H38BrF3N2O/c1-25(2,3)17-11-9-7-5-4-6-8-10-12-18-33-20-32-19-23(26(28,29)30)31-24(32)21-13-15-22(27)16-14-21/h13-16,19H,4-12,17-18,20H2,1-3H3. The Kier molecular flexibility index (Phi) is 11.4. The molecule has 0 fully saturated rings. The zero-order valence-electron chi connectivity index (χ0n) is 20.2. The predicted octanol–water partition coefficient (Wildman–Crippen LogP) is 9.25. The third-order valence-corrected chi connectivity index (χ3v) is 6.14. The molecule has 2 rings (SSSR count). The predicted molar refractivity (Wildman–Crippen MR) is 132 cm³/mol. The lowest BCUT2D eigenvalue weighted by atomic mass is 9.89. The summed E-state index contributed by atoms with van der Waals surface area (Å²) in [6.07, 6.45) is 8.83. The second kappa shape index (κ2) is 13.5. The SMILES string of the molecule is CC(C)(C)CCCCCCCCCCCOCn1cc(C(F)(F)F)nc1-c1ccc(Br)cc1. The van der Waals surface area contributed by atoms with E-state index in [4.69, 9.17) is 4.74 Å². The number of alkyl halides is 3. The third kappa shape index (κ3) is 11.1. The minimum absolute atomic E-state index is 0.0586. The van der Waals surface area contributed by atoms with Crippen LogP contribution in [0, 0.1) is 5.41 Å². The van der Waals surface area contributed by atoms with Gasteiger partial charge < -0.3 is 9.30 Å². The topological polar surface area (TPSA) is 27.1 Å². The highest BCUT2D eigenvalue weighted by Crippen LogP contribution is 2.31. The van der Waals surface area contributed by atoms with Crippen LogP contribution in [0.4, 0.5) is 13.2 Å². The van der Waals surface area contributed by atoms with Crippen LogP contribution in [0.1, 0.15) is 90.7 Å². The quantitative estimate of drug-likeness (QED) is 0.227. The van der Waals surface area contributed by atoms with Crippen LogP contribution >= 0.6 is 15.9 Å². The average Bonchev–Trinajstić information content (AvgIpc) is 3.16. The fourth-order valence-electron chi connectivity index (χ4n) is 3.74. The summed E-state index contributed by atoms with van der Waals surface area (Å²) in [7, 11) is 0. The monoisotopic (exact) mass is 530 g/mol. The summed E-state index contributed by atoms with van der Waals surface area (Å²) in [6, 6.07) is 7.06. The molecule has 7 heteroatoms. The van der Waals surface area contributed by atoms with Crippen LogP contribution in [0.2, 0.25) is 0 Å². The van der Waals surface area contributed by atoms with Gasteiger partial charge in [-0.05, 0) is 30.4 Å². The first-order valence-electron chi connectivity index (χ1n) is 12.0. The van der Waals surface area contributed by atoms with Crippen LogP contribution in [-0.4, -0.2) is 16.2 Å². The average molecular weight is 532 g/mol. The van der Waals surface area contributed by atoms with Crippen molar-refractivity contribution in [1.82, 2.24) is 9.55 Å². The Morgan fingerprint density at radius 2 is 1.39 bits per heavy atom. The van der Waals surface area contributed by atoms with Crippen molar-refractivity contribution < 1.29 is 17.9 Å². The van der Waals surface area contributed by atoms with E-state index in [2.05, 4.69) is 41.7 Å². The van der Waals surface area contributed by atoms with Gasteiger partial charge in [0.25, 0.3) is 0 Å². The minimum atomic E-state index is -4.48. The summed E-state index contributed by atoms with van der Waals surface area (Å²) in [4.78, 5) is 3.81. The van der Waals surface area contributed by atoms with E-state index >= 15 is 0 Å². The summed E-state index contributed by atoms with van der Waals surface area (Å²) in [5.41, 5.74) is 0.166. The Morgan fingerprint density at radius 1 is 0.848 bits per heavy atom. The second-order valence-corrected chi connectivity index (χ2v) is 10.9. The first-order valence-corrected chi connectivity index (χ1v) is 12.8. The highest BCUT2D eigenvalue weighted by atomic mass is 79.9. The van der Waals surface area contributed by atoms with Crippen molar-refractivity contribution in [1.29, 1.82) is 0 Å². The van der Waals surface area contributed by atoms with Crippen molar-refractivity contribution >= 4 is 15.9 Å². The molecule has 3 nitrogen and oxygen atoms in total. The lowest BCUT2D eigenvalue weighted by Gasteiger charge is -2.17. The number of nitrogens with zero attached hydrogens (tertiary/aromatic N) is 2. The number of rotatable bonds is 14. The molecule has 0 aliphatic rings. The molecule has 186 valence electrons. The van der Waals surface area contributed by atoms with Gasteiger partial charge in [0.1, 0.15) is 12.6 Å². The van der Waals surface area contributed by atoms with E-state index in [1.54, 1.807) is 24.3 Å². The second-order valence-electron chi connectivity index (χ2n) is 9.95. The summed E-state index contributed by atoms with van der Waals surface area (Å²) in [5, 5.41) is 0. The Balaban J connectivity index is 1.64. The summed E-state index contributed by atoms with van der Waals surface area (Å²) >= 11 is 3.34. The van der Waals surface area contributed by atoms with E-state index in [0.29, 0.717) is 17.6 Å². The Labute approximate surface area is 205 Å². The molecular weight excluding hydrogens is 493 g/mol. The minimum Gasteiger partial charge on any atom is -0.361 e. The molecule has 0 saturated heterocycles. The van der Waals surface area contributed by atoms with Crippen molar-refractivity contribution in [2.45, 2.75) is 97.9 Å². The van der Waals surface area contributed by atoms with E-state index in [0.717, 1.165) is 23.5 Å². The largest absolute Gasteiger partial charge is 0.434 e. The summed E-state index contributed by atoms with van der Waals surface area (Å²) < 4.78 is 47.5. The number of aromatic nitrogens is 2. The van der Waals surface area contributed by atoms with Crippen molar-refractivity contribution in [3.63, 3.8) is 0 Å². The highest BCUT2D eigenvalue weighted by molar-refractivity contribution is 9.10. The molecule has 0 bridgehead atoms. The van der Waals surface area contributed by atoms with Gasteiger partial charge in [0.05, 0.1) is 0 Å². The third-order valence-electron chi connectivity index (χ3n) is 5.62. The zero-order chi connectivity index (χ0) is 24.3. The van der Waals surface area contributed by atoms with E-state index in [1.807, 2.05) is 0 Å². The van der Waals surface area contributed by atoms with Crippen LogP contribution in [0.15, 0.2) is 34.9 Å². The normalized spacial score (nSPS) is 12.5. The molecule has 0 saturated carbocycles. The molecule has 0 atom stereocenters. The Morgan fingerprint density at radius 3 is 1.94 bits per heavy atom. The van der Waals surface area contributed by atoms with Gasteiger partial charge in [-0.2, -0.15) is 13.2 Å². The molecule has 0 spiro atoms. The first kappa shape index (κ1) is 27.9. The van der Waals surface area contributed by atoms with Gasteiger partial charge in [0.15, 0.2) is 5.69 Å². The van der Waals surface area contributed by atoms with Crippen molar-refractivity contribution in [3.8, 4) is 11.4 Å². The summed E-state index contributed by atoms with van der Waals surface area (Å²) in [6.45, 7) is 7.49. The molecule has 33 heavy (non-hydrogen) atoms. The van der Waals surface area contributed by atoms with Gasteiger partial charge in [-0.25, -0.2) is 4.98 Å².